The molecular weight excluding hydrogens is 168 g/mol. The number of ether oxygens (including phenoxy) is 2. The minimum atomic E-state index is -0.136. The van der Waals surface area contributed by atoms with E-state index in [1.54, 1.807) is 7.11 Å². The Labute approximate surface area is 79.4 Å². The van der Waals surface area contributed by atoms with Gasteiger partial charge >= 0.3 is 5.97 Å². The molecule has 3 nitrogen and oxygen atoms in total. The van der Waals surface area contributed by atoms with E-state index in [0.717, 1.165) is 0 Å². The van der Waals surface area contributed by atoms with E-state index in [0.29, 0.717) is 18.3 Å². The lowest BCUT2D eigenvalue weighted by molar-refractivity contribution is -0.173. The standard InChI is InChI=1S/C10H18O3/c1-6(2)10-7(3)8(12-4)5-9(11)13-10/h6-8,10H,5H2,1-4H3/t7-,8-,10-/m0/s1. The fourth-order valence-corrected chi connectivity index (χ4v) is 1.91. The molecule has 0 spiro atoms. The lowest BCUT2D eigenvalue weighted by Gasteiger charge is -2.36. The fraction of sp³-hybridized carbons (Fsp3) is 0.900. The van der Waals surface area contributed by atoms with E-state index >= 15 is 0 Å². The summed E-state index contributed by atoms with van der Waals surface area (Å²) in [5.41, 5.74) is 0. The van der Waals surface area contributed by atoms with E-state index in [2.05, 4.69) is 20.8 Å². The second kappa shape index (κ2) is 4.09. The molecule has 1 heterocycles. The van der Waals surface area contributed by atoms with Crippen molar-refractivity contribution in [3.63, 3.8) is 0 Å². The lowest BCUT2D eigenvalue weighted by Crippen LogP contribution is -2.44. The predicted molar refractivity (Wildman–Crippen MR) is 49.3 cm³/mol. The maximum absolute atomic E-state index is 11.2. The number of cyclic esters (lactones) is 1. The van der Waals surface area contributed by atoms with Crippen molar-refractivity contribution in [2.24, 2.45) is 11.8 Å². The third-order valence-electron chi connectivity index (χ3n) is 2.70. The first-order chi connectivity index (χ1) is 6.06. The van der Waals surface area contributed by atoms with Crippen molar-refractivity contribution in [3.05, 3.63) is 0 Å². The summed E-state index contributed by atoms with van der Waals surface area (Å²) in [6.07, 6.45) is 0.417. The molecule has 0 bridgehead atoms. The van der Waals surface area contributed by atoms with Crippen molar-refractivity contribution < 1.29 is 14.3 Å². The van der Waals surface area contributed by atoms with E-state index < -0.39 is 0 Å². The van der Waals surface area contributed by atoms with Crippen LogP contribution in [-0.2, 0) is 14.3 Å². The van der Waals surface area contributed by atoms with Crippen molar-refractivity contribution in [3.8, 4) is 0 Å². The first-order valence-corrected chi connectivity index (χ1v) is 4.78. The third kappa shape index (κ3) is 2.21. The summed E-state index contributed by atoms with van der Waals surface area (Å²) in [4.78, 5) is 11.2. The van der Waals surface area contributed by atoms with Gasteiger partial charge in [-0.05, 0) is 5.92 Å². The summed E-state index contributed by atoms with van der Waals surface area (Å²) in [6.45, 7) is 6.20. The lowest BCUT2D eigenvalue weighted by atomic mass is 9.86. The topological polar surface area (TPSA) is 35.5 Å². The van der Waals surface area contributed by atoms with Gasteiger partial charge in [0.1, 0.15) is 6.10 Å². The van der Waals surface area contributed by atoms with Gasteiger partial charge in [0.25, 0.3) is 0 Å². The van der Waals surface area contributed by atoms with Crippen LogP contribution >= 0.6 is 0 Å². The minimum Gasteiger partial charge on any atom is -0.462 e. The molecule has 1 saturated heterocycles. The van der Waals surface area contributed by atoms with Crippen LogP contribution in [0.1, 0.15) is 27.2 Å². The molecule has 3 atom stereocenters. The fourth-order valence-electron chi connectivity index (χ4n) is 1.91. The normalized spacial score (nSPS) is 34.8. The highest BCUT2D eigenvalue weighted by Gasteiger charge is 2.37. The predicted octanol–water partition coefficient (Wildman–Crippen LogP) is 1.61. The molecule has 1 fully saturated rings. The molecule has 1 aliphatic heterocycles. The second-order valence-electron chi connectivity index (χ2n) is 4.04. The number of esters is 1. The van der Waals surface area contributed by atoms with Crippen LogP contribution in [0.4, 0.5) is 0 Å². The molecule has 0 unspecified atom stereocenters. The summed E-state index contributed by atoms with van der Waals surface area (Å²) in [6, 6.07) is 0. The first-order valence-electron chi connectivity index (χ1n) is 4.78. The molecule has 0 saturated carbocycles. The highest BCUT2D eigenvalue weighted by Crippen LogP contribution is 2.28. The Bertz CT molecular complexity index is 189. The molecule has 0 aromatic carbocycles. The average Bonchev–Trinajstić information content (AvgIpc) is 2.08. The Morgan fingerprint density at radius 1 is 1.54 bits per heavy atom. The van der Waals surface area contributed by atoms with E-state index in [1.165, 1.54) is 0 Å². The summed E-state index contributed by atoms with van der Waals surface area (Å²) in [5.74, 6) is 0.517. The largest absolute Gasteiger partial charge is 0.462 e. The highest BCUT2D eigenvalue weighted by atomic mass is 16.6. The zero-order valence-electron chi connectivity index (χ0n) is 8.74. The number of carbonyl (C=O) groups excluding carboxylic acids is 1. The Morgan fingerprint density at radius 3 is 2.62 bits per heavy atom. The molecule has 13 heavy (non-hydrogen) atoms. The van der Waals surface area contributed by atoms with Gasteiger partial charge in [-0.2, -0.15) is 0 Å². The number of methoxy groups -OCH3 is 1. The van der Waals surface area contributed by atoms with Crippen molar-refractivity contribution >= 4 is 5.97 Å². The summed E-state index contributed by atoms with van der Waals surface area (Å²) in [5, 5.41) is 0. The molecule has 76 valence electrons. The molecule has 3 heteroatoms. The Kier molecular flexibility index (Phi) is 3.31. The van der Waals surface area contributed by atoms with E-state index in [-0.39, 0.29) is 18.2 Å². The Hall–Kier alpha value is -0.570. The first kappa shape index (κ1) is 10.5. The maximum atomic E-state index is 11.2. The van der Waals surface area contributed by atoms with Crippen LogP contribution in [0.3, 0.4) is 0 Å². The highest BCUT2D eigenvalue weighted by molar-refractivity contribution is 5.71. The molecule has 0 aliphatic carbocycles. The SMILES string of the molecule is CO[C@H]1CC(=O)O[C@@H](C(C)C)[C@H]1C. The minimum absolute atomic E-state index is 0.00574. The van der Waals surface area contributed by atoms with Gasteiger partial charge in [-0.15, -0.1) is 0 Å². The van der Waals surface area contributed by atoms with E-state index in [4.69, 9.17) is 9.47 Å². The summed E-state index contributed by atoms with van der Waals surface area (Å²) in [7, 11) is 1.65. The molecule has 0 aromatic heterocycles. The van der Waals surface area contributed by atoms with Crippen LogP contribution in [0, 0.1) is 11.8 Å². The van der Waals surface area contributed by atoms with Crippen molar-refractivity contribution in [2.75, 3.05) is 7.11 Å². The van der Waals surface area contributed by atoms with Crippen molar-refractivity contribution in [1.82, 2.24) is 0 Å². The van der Waals surface area contributed by atoms with E-state index in [9.17, 15) is 4.79 Å². The van der Waals surface area contributed by atoms with Crippen molar-refractivity contribution in [1.29, 1.82) is 0 Å². The number of rotatable bonds is 2. The zero-order chi connectivity index (χ0) is 10.0. The van der Waals surface area contributed by atoms with Crippen LogP contribution < -0.4 is 0 Å². The zero-order valence-corrected chi connectivity index (χ0v) is 8.74. The van der Waals surface area contributed by atoms with Gasteiger partial charge < -0.3 is 9.47 Å². The van der Waals surface area contributed by atoms with Gasteiger partial charge in [0.2, 0.25) is 0 Å². The van der Waals surface area contributed by atoms with Gasteiger partial charge in [-0.1, -0.05) is 20.8 Å². The van der Waals surface area contributed by atoms with Gasteiger partial charge in [0.15, 0.2) is 0 Å². The molecule has 0 aromatic rings. The average molecular weight is 186 g/mol. The third-order valence-corrected chi connectivity index (χ3v) is 2.70. The van der Waals surface area contributed by atoms with Gasteiger partial charge in [-0.3, -0.25) is 4.79 Å². The smallest absolute Gasteiger partial charge is 0.308 e. The second-order valence-corrected chi connectivity index (χ2v) is 4.04. The maximum Gasteiger partial charge on any atom is 0.308 e. The quantitative estimate of drug-likeness (QED) is 0.615. The van der Waals surface area contributed by atoms with Crippen LogP contribution in [0.5, 0.6) is 0 Å². The molecular formula is C10H18O3. The van der Waals surface area contributed by atoms with E-state index in [1.807, 2.05) is 0 Å². The van der Waals surface area contributed by atoms with Gasteiger partial charge in [0.05, 0.1) is 12.5 Å². The molecule has 0 N–H and O–H groups in total. The van der Waals surface area contributed by atoms with Gasteiger partial charge in [-0.25, -0.2) is 0 Å². The molecule has 0 amide bonds. The monoisotopic (exact) mass is 186 g/mol. The summed E-state index contributed by atoms with van der Waals surface area (Å²) >= 11 is 0. The number of hydrogen-bond acceptors (Lipinski definition) is 3. The molecule has 0 radical (unpaired) electrons. The number of hydrogen-bond donors (Lipinski definition) is 0. The number of carbonyl (C=O) groups is 1. The molecule has 1 rings (SSSR count). The Balaban J connectivity index is 2.68. The summed E-state index contributed by atoms with van der Waals surface area (Å²) < 4.78 is 10.5. The Morgan fingerprint density at radius 2 is 2.15 bits per heavy atom. The van der Waals surface area contributed by atoms with Crippen LogP contribution in [-0.4, -0.2) is 25.3 Å². The molecule has 1 aliphatic rings. The van der Waals surface area contributed by atoms with Crippen LogP contribution in [0.2, 0.25) is 0 Å². The van der Waals surface area contributed by atoms with Crippen LogP contribution in [0.25, 0.3) is 0 Å². The van der Waals surface area contributed by atoms with Crippen LogP contribution in [0.15, 0.2) is 0 Å². The van der Waals surface area contributed by atoms with Crippen molar-refractivity contribution in [2.45, 2.75) is 39.4 Å². The van der Waals surface area contributed by atoms with Gasteiger partial charge in [0, 0.05) is 13.0 Å².